The zero-order valence-electron chi connectivity index (χ0n) is 13.7. The minimum absolute atomic E-state index is 0.0419. The molecule has 0 radical (unpaired) electrons. The van der Waals surface area contributed by atoms with Crippen LogP contribution in [-0.2, 0) is 4.79 Å². The van der Waals surface area contributed by atoms with E-state index in [-0.39, 0.29) is 12.2 Å². The van der Waals surface area contributed by atoms with Gasteiger partial charge < -0.3 is 4.90 Å². The van der Waals surface area contributed by atoms with Gasteiger partial charge in [0, 0.05) is 6.54 Å². The zero-order valence-corrected chi connectivity index (χ0v) is 13.7. The van der Waals surface area contributed by atoms with Crippen molar-refractivity contribution in [3.05, 3.63) is 0 Å². The number of hydrogen-bond donors (Lipinski definition) is 1. The van der Waals surface area contributed by atoms with Gasteiger partial charge in [-0.15, -0.1) is 0 Å². The lowest BCUT2D eigenvalue weighted by molar-refractivity contribution is -0.130. The van der Waals surface area contributed by atoms with Crippen molar-refractivity contribution in [2.45, 2.75) is 78.4 Å². The first-order valence-electron chi connectivity index (χ1n) is 8.59. The van der Waals surface area contributed by atoms with E-state index in [4.69, 9.17) is 0 Å². The van der Waals surface area contributed by atoms with Crippen molar-refractivity contribution in [3.8, 4) is 0 Å². The van der Waals surface area contributed by atoms with Crippen LogP contribution in [0.4, 0.5) is 0 Å². The van der Waals surface area contributed by atoms with E-state index in [0.717, 1.165) is 24.8 Å². The fourth-order valence-corrected chi connectivity index (χ4v) is 3.88. The second kappa shape index (κ2) is 6.93. The van der Waals surface area contributed by atoms with E-state index in [1.54, 1.807) is 0 Å². The van der Waals surface area contributed by atoms with Crippen molar-refractivity contribution in [1.29, 1.82) is 0 Å². The maximum Gasteiger partial charge on any atom is 0.241 e. The topological polar surface area (TPSA) is 32.3 Å². The molecule has 20 heavy (non-hydrogen) atoms. The van der Waals surface area contributed by atoms with Crippen LogP contribution in [0.1, 0.15) is 66.2 Å². The van der Waals surface area contributed by atoms with Gasteiger partial charge in [0.1, 0.15) is 0 Å². The average molecular weight is 280 g/mol. The molecule has 5 atom stereocenters. The molecule has 3 nitrogen and oxygen atoms in total. The molecule has 5 unspecified atom stereocenters. The van der Waals surface area contributed by atoms with Gasteiger partial charge in [0.15, 0.2) is 0 Å². The molecule has 1 saturated carbocycles. The van der Waals surface area contributed by atoms with Crippen LogP contribution in [0.25, 0.3) is 0 Å². The van der Waals surface area contributed by atoms with Crippen LogP contribution in [0.2, 0.25) is 0 Å². The van der Waals surface area contributed by atoms with Gasteiger partial charge >= 0.3 is 0 Å². The molecule has 3 heteroatoms. The SMILES string of the molecule is CCC(C)C1NC(C)N(CCC2CCCC(C)C2)C1=O. The van der Waals surface area contributed by atoms with E-state index in [9.17, 15) is 4.79 Å². The van der Waals surface area contributed by atoms with Crippen molar-refractivity contribution in [2.75, 3.05) is 6.54 Å². The highest BCUT2D eigenvalue weighted by molar-refractivity contribution is 5.84. The summed E-state index contributed by atoms with van der Waals surface area (Å²) < 4.78 is 0. The van der Waals surface area contributed by atoms with Crippen LogP contribution in [-0.4, -0.2) is 29.6 Å². The largest absolute Gasteiger partial charge is 0.326 e. The Bertz CT molecular complexity index is 331. The third-order valence-electron chi connectivity index (χ3n) is 5.47. The first kappa shape index (κ1) is 15.8. The molecule has 1 amide bonds. The Hall–Kier alpha value is -0.570. The number of nitrogens with zero attached hydrogens (tertiary/aromatic N) is 1. The third-order valence-corrected chi connectivity index (χ3v) is 5.47. The lowest BCUT2D eigenvalue weighted by Crippen LogP contribution is -2.36. The molecule has 1 aliphatic heterocycles. The molecule has 1 aliphatic carbocycles. The van der Waals surface area contributed by atoms with Crippen molar-refractivity contribution < 1.29 is 4.79 Å². The van der Waals surface area contributed by atoms with Gasteiger partial charge in [0.25, 0.3) is 0 Å². The fraction of sp³-hybridized carbons (Fsp3) is 0.941. The number of carbonyl (C=O) groups excluding carboxylic acids is 1. The molecule has 2 aliphatic rings. The summed E-state index contributed by atoms with van der Waals surface area (Å²) >= 11 is 0. The van der Waals surface area contributed by atoms with Gasteiger partial charge in [0.05, 0.1) is 12.2 Å². The number of rotatable bonds is 5. The molecule has 1 heterocycles. The summed E-state index contributed by atoms with van der Waals surface area (Å²) in [7, 11) is 0. The van der Waals surface area contributed by atoms with Gasteiger partial charge in [-0.1, -0.05) is 46.5 Å². The Morgan fingerprint density at radius 3 is 2.75 bits per heavy atom. The Morgan fingerprint density at radius 1 is 1.35 bits per heavy atom. The van der Waals surface area contributed by atoms with Crippen LogP contribution < -0.4 is 5.32 Å². The average Bonchev–Trinajstić information content (AvgIpc) is 2.71. The highest BCUT2D eigenvalue weighted by atomic mass is 16.2. The predicted octanol–water partition coefficient (Wildman–Crippen LogP) is 3.40. The lowest BCUT2D eigenvalue weighted by atomic mass is 9.81. The maximum atomic E-state index is 12.5. The second-order valence-corrected chi connectivity index (χ2v) is 7.16. The van der Waals surface area contributed by atoms with Crippen molar-refractivity contribution in [1.82, 2.24) is 10.2 Å². The normalized spacial score (nSPS) is 36.4. The molecule has 1 N–H and O–H groups in total. The lowest BCUT2D eigenvalue weighted by Gasteiger charge is -2.29. The van der Waals surface area contributed by atoms with E-state index in [1.807, 2.05) is 0 Å². The van der Waals surface area contributed by atoms with Crippen molar-refractivity contribution >= 4 is 5.91 Å². The van der Waals surface area contributed by atoms with E-state index in [1.165, 1.54) is 32.1 Å². The predicted molar refractivity (Wildman–Crippen MR) is 83.3 cm³/mol. The van der Waals surface area contributed by atoms with E-state index in [0.29, 0.717) is 11.8 Å². The molecular weight excluding hydrogens is 248 g/mol. The molecule has 116 valence electrons. The summed E-state index contributed by atoms with van der Waals surface area (Å²) in [5.41, 5.74) is 0. The summed E-state index contributed by atoms with van der Waals surface area (Å²) in [4.78, 5) is 14.6. The minimum atomic E-state index is 0.0419. The van der Waals surface area contributed by atoms with Gasteiger partial charge in [-0.05, 0) is 37.5 Å². The first-order chi connectivity index (χ1) is 9.52. The highest BCUT2D eigenvalue weighted by Gasteiger charge is 2.38. The van der Waals surface area contributed by atoms with Crippen LogP contribution in [0.3, 0.4) is 0 Å². The molecule has 0 bridgehead atoms. The quantitative estimate of drug-likeness (QED) is 0.837. The van der Waals surface area contributed by atoms with E-state index < -0.39 is 0 Å². The third kappa shape index (κ3) is 3.55. The molecule has 2 rings (SSSR count). The molecule has 0 aromatic rings. The summed E-state index contributed by atoms with van der Waals surface area (Å²) in [5, 5.41) is 3.48. The summed E-state index contributed by atoms with van der Waals surface area (Å²) in [6.07, 6.45) is 7.96. The number of hydrogen-bond acceptors (Lipinski definition) is 2. The summed E-state index contributed by atoms with van der Waals surface area (Å²) in [6.45, 7) is 9.78. The fourth-order valence-electron chi connectivity index (χ4n) is 3.88. The zero-order chi connectivity index (χ0) is 14.7. The molecular formula is C17H32N2O. The molecule has 1 saturated heterocycles. The number of nitrogens with one attached hydrogen (secondary N) is 1. The van der Waals surface area contributed by atoms with Crippen molar-refractivity contribution in [2.24, 2.45) is 17.8 Å². The molecule has 0 aromatic carbocycles. The van der Waals surface area contributed by atoms with Crippen LogP contribution in [0.5, 0.6) is 0 Å². The monoisotopic (exact) mass is 280 g/mol. The standard InChI is InChI=1S/C17H32N2O/c1-5-13(3)16-17(20)19(14(4)18-16)10-9-15-8-6-7-12(2)11-15/h12-16,18H,5-11H2,1-4H3. The van der Waals surface area contributed by atoms with Gasteiger partial charge in [-0.2, -0.15) is 0 Å². The van der Waals surface area contributed by atoms with Crippen molar-refractivity contribution in [3.63, 3.8) is 0 Å². The van der Waals surface area contributed by atoms with E-state index >= 15 is 0 Å². The highest BCUT2D eigenvalue weighted by Crippen LogP contribution is 2.31. The first-order valence-corrected chi connectivity index (χ1v) is 8.59. The van der Waals surface area contributed by atoms with Gasteiger partial charge in [-0.25, -0.2) is 0 Å². The van der Waals surface area contributed by atoms with Gasteiger partial charge in [-0.3, -0.25) is 10.1 Å². The molecule has 0 spiro atoms. The van der Waals surface area contributed by atoms with E-state index in [2.05, 4.69) is 37.9 Å². The summed E-state index contributed by atoms with van der Waals surface area (Å²) in [5.74, 6) is 2.48. The minimum Gasteiger partial charge on any atom is -0.326 e. The van der Waals surface area contributed by atoms with Crippen LogP contribution >= 0.6 is 0 Å². The van der Waals surface area contributed by atoms with Crippen LogP contribution in [0, 0.1) is 17.8 Å². The Morgan fingerprint density at radius 2 is 2.10 bits per heavy atom. The number of carbonyl (C=O) groups is 1. The summed E-state index contributed by atoms with van der Waals surface area (Å²) in [6, 6.07) is 0.0419. The molecule has 0 aromatic heterocycles. The second-order valence-electron chi connectivity index (χ2n) is 7.16. The van der Waals surface area contributed by atoms with Gasteiger partial charge in [0.2, 0.25) is 5.91 Å². The number of amides is 1. The Labute approximate surface area is 124 Å². The Kier molecular flexibility index (Phi) is 5.48. The molecule has 2 fully saturated rings. The van der Waals surface area contributed by atoms with Crippen LogP contribution in [0.15, 0.2) is 0 Å². The Balaban J connectivity index is 1.84. The maximum absolute atomic E-state index is 12.5. The smallest absolute Gasteiger partial charge is 0.241 e.